The molecule has 0 aliphatic carbocycles. The zero-order valence-corrected chi connectivity index (χ0v) is 17.8. The van der Waals surface area contributed by atoms with Gasteiger partial charge in [0.15, 0.2) is 0 Å². The number of nitrogens with zero attached hydrogens (tertiary/aromatic N) is 4. The van der Waals surface area contributed by atoms with Crippen LogP contribution in [0.15, 0.2) is 60.9 Å². The van der Waals surface area contributed by atoms with E-state index >= 15 is 0 Å². The Kier molecular flexibility index (Phi) is 5.43. The van der Waals surface area contributed by atoms with E-state index < -0.39 is 23.5 Å². The summed E-state index contributed by atoms with van der Waals surface area (Å²) < 4.78 is 54.4. The van der Waals surface area contributed by atoms with Gasteiger partial charge in [-0.25, -0.2) is 14.4 Å². The van der Waals surface area contributed by atoms with Crippen molar-refractivity contribution in [2.45, 2.75) is 19.1 Å². The van der Waals surface area contributed by atoms with Gasteiger partial charge in [-0.15, -0.1) is 0 Å². The lowest BCUT2D eigenvalue weighted by Gasteiger charge is -2.31. The summed E-state index contributed by atoms with van der Waals surface area (Å²) in [6, 6.07) is 11.5. The fourth-order valence-corrected chi connectivity index (χ4v) is 3.81. The number of carbonyl (C=O) groups is 1. The van der Waals surface area contributed by atoms with E-state index in [1.54, 1.807) is 30.5 Å². The molecule has 1 aliphatic heterocycles. The summed E-state index contributed by atoms with van der Waals surface area (Å²) in [6.07, 6.45) is -1.17. The molecule has 1 aromatic carbocycles. The molecule has 1 aliphatic rings. The van der Waals surface area contributed by atoms with E-state index in [1.807, 2.05) is 0 Å². The molecular weight excluding hydrogens is 450 g/mol. The molecule has 4 heterocycles. The first-order valence-electron chi connectivity index (χ1n) is 10.6. The molecule has 6 nitrogen and oxygen atoms in total. The third-order valence-corrected chi connectivity index (χ3v) is 5.73. The zero-order chi connectivity index (χ0) is 23.9. The van der Waals surface area contributed by atoms with E-state index in [-0.39, 0.29) is 23.3 Å². The molecule has 0 spiro atoms. The topological polar surface area (TPSA) is 63.1 Å². The summed E-state index contributed by atoms with van der Waals surface area (Å²) >= 11 is 0. The maximum Gasteiger partial charge on any atom is 0.417 e. The first kappa shape index (κ1) is 21.9. The molecule has 1 fully saturated rings. The van der Waals surface area contributed by atoms with Crippen LogP contribution in [0.2, 0.25) is 0 Å². The molecule has 0 bridgehead atoms. The van der Waals surface area contributed by atoms with Crippen molar-refractivity contribution < 1.29 is 22.4 Å². The largest absolute Gasteiger partial charge is 0.417 e. The zero-order valence-electron chi connectivity index (χ0n) is 17.8. The van der Waals surface area contributed by atoms with Crippen LogP contribution >= 0.6 is 0 Å². The second-order valence-electron chi connectivity index (χ2n) is 8.08. The summed E-state index contributed by atoms with van der Waals surface area (Å²) in [5.74, 6) is -0.119. The average Bonchev–Trinajstić information content (AvgIpc) is 3.13. The lowest BCUT2D eigenvalue weighted by atomic mass is 10.2. The van der Waals surface area contributed by atoms with Gasteiger partial charge in [0, 0.05) is 31.2 Å². The molecule has 10 heteroatoms. The van der Waals surface area contributed by atoms with Crippen LogP contribution in [0.1, 0.15) is 28.0 Å². The molecule has 174 valence electrons. The summed E-state index contributed by atoms with van der Waals surface area (Å²) in [6.45, 7) is 2.00. The van der Waals surface area contributed by atoms with E-state index in [9.17, 15) is 22.4 Å². The lowest BCUT2D eigenvalue weighted by Crippen LogP contribution is -2.37. The van der Waals surface area contributed by atoms with Gasteiger partial charge in [0.1, 0.15) is 23.0 Å². The van der Waals surface area contributed by atoms with Gasteiger partial charge in [0.2, 0.25) is 0 Å². The van der Waals surface area contributed by atoms with Crippen molar-refractivity contribution in [3.63, 3.8) is 0 Å². The monoisotopic (exact) mass is 469 g/mol. The summed E-state index contributed by atoms with van der Waals surface area (Å²) in [4.78, 5) is 23.6. The number of hydrogen-bond acceptors (Lipinski definition) is 4. The highest BCUT2D eigenvalue weighted by Gasteiger charge is 2.32. The minimum atomic E-state index is -4.56. The Morgan fingerprint density at radius 1 is 1.00 bits per heavy atom. The Bertz CT molecular complexity index is 1340. The van der Waals surface area contributed by atoms with Crippen LogP contribution in [0, 0.1) is 5.82 Å². The number of nitrogens with one attached hydrogen (secondary N) is 1. The van der Waals surface area contributed by atoms with Crippen molar-refractivity contribution in [3.05, 3.63) is 83.6 Å². The standard InChI is InChI=1S/C24H19F4N5O/c25-18-4-2-15(3-5-18)14-33-20(11-16-10-17(24(26,27)28)12-30-22(16)33)23(34)31-19-6-7-21(29-13-19)32-8-1-9-32/h2-7,10-13H,1,8-9,14H2,(H,31,34). The number of anilines is 2. The Morgan fingerprint density at radius 2 is 1.76 bits per heavy atom. The molecule has 3 aromatic heterocycles. The molecule has 0 radical (unpaired) electrons. The molecule has 1 saturated heterocycles. The molecule has 0 atom stereocenters. The van der Waals surface area contributed by atoms with Gasteiger partial charge >= 0.3 is 6.18 Å². The van der Waals surface area contributed by atoms with Crippen molar-refractivity contribution in [3.8, 4) is 0 Å². The number of aromatic nitrogens is 3. The first-order chi connectivity index (χ1) is 16.3. The lowest BCUT2D eigenvalue weighted by molar-refractivity contribution is -0.137. The van der Waals surface area contributed by atoms with Crippen LogP contribution in [-0.4, -0.2) is 33.5 Å². The van der Waals surface area contributed by atoms with Gasteiger partial charge < -0.3 is 14.8 Å². The number of hydrogen-bond donors (Lipinski definition) is 1. The van der Waals surface area contributed by atoms with Crippen molar-refractivity contribution >= 4 is 28.4 Å². The predicted octanol–water partition coefficient (Wildman–Crippen LogP) is 5.10. The summed E-state index contributed by atoms with van der Waals surface area (Å²) in [7, 11) is 0. The Morgan fingerprint density at radius 3 is 2.38 bits per heavy atom. The second kappa shape index (κ2) is 8.44. The number of rotatable bonds is 5. The van der Waals surface area contributed by atoms with Crippen LogP contribution < -0.4 is 10.2 Å². The van der Waals surface area contributed by atoms with Gasteiger partial charge in [0.05, 0.1) is 17.4 Å². The second-order valence-corrected chi connectivity index (χ2v) is 8.08. The van der Waals surface area contributed by atoms with Gasteiger partial charge in [0.25, 0.3) is 5.91 Å². The molecule has 34 heavy (non-hydrogen) atoms. The highest BCUT2D eigenvalue weighted by molar-refractivity contribution is 6.06. The molecule has 1 N–H and O–H groups in total. The molecule has 1 amide bonds. The van der Waals surface area contributed by atoms with Crippen molar-refractivity contribution in [2.75, 3.05) is 23.3 Å². The number of carbonyl (C=O) groups excluding carboxylic acids is 1. The highest BCUT2D eigenvalue weighted by atomic mass is 19.4. The van der Waals surface area contributed by atoms with Crippen molar-refractivity contribution in [1.29, 1.82) is 0 Å². The molecule has 4 aromatic rings. The van der Waals surface area contributed by atoms with E-state index in [0.717, 1.165) is 37.6 Å². The summed E-state index contributed by atoms with van der Waals surface area (Å²) in [5.41, 5.74) is 0.551. The summed E-state index contributed by atoms with van der Waals surface area (Å²) in [5, 5.41) is 2.93. The third kappa shape index (κ3) is 4.30. The number of pyridine rings is 2. The van der Waals surface area contributed by atoms with Crippen LogP contribution in [-0.2, 0) is 12.7 Å². The fraction of sp³-hybridized carbons (Fsp3) is 0.208. The SMILES string of the molecule is O=C(Nc1ccc(N2CCC2)nc1)c1cc2cc(C(F)(F)F)cnc2n1Cc1ccc(F)cc1. The van der Waals surface area contributed by atoms with Gasteiger partial charge in [-0.3, -0.25) is 4.79 Å². The van der Waals surface area contributed by atoms with E-state index in [0.29, 0.717) is 11.3 Å². The number of alkyl halides is 3. The number of halogens is 4. The van der Waals surface area contributed by atoms with Crippen LogP contribution in [0.3, 0.4) is 0 Å². The quantitative estimate of drug-likeness (QED) is 0.413. The van der Waals surface area contributed by atoms with Crippen LogP contribution in [0.5, 0.6) is 0 Å². The van der Waals surface area contributed by atoms with Gasteiger partial charge in [-0.05, 0) is 48.4 Å². The van der Waals surface area contributed by atoms with Gasteiger partial charge in [-0.2, -0.15) is 13.2 Å². The Hall–Kier alpha value is -3.95. The molecule has 5 rings (SSSR count). The fourth-order valence-electron chi connectivity index (χ4n) is 3.81. The van der Waals surface area contributed by atoms with Crippen LogP contribution in [0.4, 0.5) is 29.1 Å². The smallest absolute Gasteiger partial charge is 0.356 e. The van der Waals surface area contributed by atoms with E-state index in [2.05, 4.69) is 20.2 Å². The minimum Gasteiger partial charge on any atom is -0.356 e. The maximum atomic E-state index is 13.3. The first-order valence-corrected chi connectivity index (χ1v) is 10.6. The Labute approximate surface area is 191 Å². The van der Waals surface area contributed by atoms with Crippen molar-refractivity contribution in [1.82, 2.24) is 14.5 Å². The Balaban J connectivity index is 1.49. The third-order valence-electron chi connectivity index (χ3n) is 5.73. The molecule has 0 unspecified atom stereocenters. The van der Waals surface area contributed by atoms with Crippen molar-refractivity contribution in [2.24, 2.45) is 0 Å². The highest BCUT2D eigenvalue weighted by Crippen LogP contribution is 2.32. The maximum absolute atomic E-state index is 13.3. The average molecular weight is 469 g/mol. The van der Waals surface area contributed by atoms with Crippen LogP contribution in [0.25, 0.3) is 11.0 Å². The predicted molar refractivity (Wildman–Crippen MR) is 119 cm³/mol. The van der Waals surface area contributed by atoms with E-state index in [1.165, 1.54) is 22.8 Å². The number of benzene rings is 1. The number of fused-ring (bicyclic) bond motifs is 1. The number of amides is 1. The van der Waals surface area contributed by atoms with E-state index in [4.69, 9.17) is 0 Å². The molecular formula is C24H19F4N5O. The minimum absolute atomic E-state index is 0.122. The van der Waals surface area contributed by atoms with Gasteiger partial charge in [-0.1, -0.05) is 12.1 Å². The molecule has 0 saturated carbocycles. The normalized spacial score (nSPS) is 13.7.